The van der Waals surface area contributed by atoms with E-state index in [1.165, 1.54) is 5.56 Å². The van der Waals surface area contributed by atoms with Crippen LogP contribution in [-0.2, 0) is 6.54 Å². The second-order valence-electron chi connectivity index (χ2n) is 3.09. The number of aromatic nitrogens is 3. The summed E-state index contributed by atoms with van der Waals surface area (Å²) in [5.74, 6) is 1.02. The number of nitrogens with zero attached hydrogens (tertiary/aromatic N) is 3. The van der Waals surface area contributed by atoms with Gasteiger partial charge in [0.2, 0.25) is 0 Å². The largest absolute Gasteiger partial charge is 0.331 e. The Labute approximate surface area is 90.9 Å². The number of rotatable bonds is 2. The molecule has 0 atom stereocenters. The number of halogens is 1. The van der Waals surface area contributed by atoms with Crippen molar-refractivity contribution in [2.24, 2.45) is 0 Å². The topological polar surface area (TPSA) is 30.7 Å². The van der Waals surface area contributed by atoms with Crippen LogP contribution in [0.5, 0.6) is 0 Å². The molecule has 0 aliphatic heterocycles. The second-order valence-corrected chi connectivity index (χ2v) is 3.90. The maximum Gasteiger partial charge on any atom is 0.106 e. The van der Waals surface area contributed by atoms with Gasteiger partial charge in [-0.3, -0.25) is 0 Å². The van der Waals surface area contributed by atoms with E-state index in [0.29, 0.717) is 0 Å². The number of pyridine rings is 1. The summed E-state index contributed by atoms with van der Waals surface area (Å²) in [7, 11) is 0. The Morgan fingerprint density at radius 2 is 2.21 bits per heavy atom. The average Bonchev–Trinajstić information content (AvgIpc) is 2.56. The molecule has 2 rings (SSSR count). The van der Waals surface area contributed by atoms with E-state index in [2.05, 4.69) is 36.5 Å². The first-order chi connectivity index (χ1) is 6.75. The van der Waals surface area contributed by atoms with Gasteiger partial charge >= 0.3 is 0 Å². The van der Waals surface area contributed by atoms with Gasteiger partial charge in [-0.15, -0.1) is 0 Å². The summed E-state index contributed by atoms with van der Waals surface area (Å²) in [6.07, 6.45) is 5.64. The van der Waals surface area contributed by atoms with Crippen molar-refractivity contribution in [1.29, 1.82) is 0 Å². The fraction of sp³-hybridized carbons (Fsp3) is 0.200. The van der Waals surface area contributed by atoms with Gasteiger partial charge < -0.3 is 4.57 Å². The molecule has 2 heterocycles. The van der Waals surface area contributed by atoms with Crippen LogP contribution in [0.25, 0.3) is 0 Å². The highest BCUT2D eigenvalue weighted by molar-refractivity contribution is 9.10. The molecular formula is C10H10BrN3. The van der Waals surface area contributed by atoms with Crippen LogP contribution in [0.4, 0.5) is 0 Å². The Balaban J connectivity index is 2.19. The van der Waals surface area contributed by atoms with Crippen molar-refractivity contribution in [3.05, 3.63) is 46.7 Å². The first-order valence-electron chi connectivity index (χ1n) is 4.34. The molecule has 4 heteroatoms. The fourth-order valence-electron chi connectivity index (χ4n) is 1.27. The molecule has 0 N–H and O–H groups in total. The molecule has 0 saturated carbocycles. The van der Waals surface area contributed by atoms with Crippen LogP contribution >= 0.6 is 15.9 Å². The lowest BCUT2D eigenvalue weighted by molar-refractivity contribution is 0.758. The molecular weight excluding hydrogens is 242 g/mol. The standard InChI is InChI=1S/C10H10BrN3/c1-8-12-4-5-14(8)7-9-2-3-10(11)13-6-9/h2-6H,7H2,1H3. The van der Waals surface area contributed by atoms with E-state index in [-0.39, 0.29) is 0 Å². The Morgan fingerprint density at radius 1 is 1.36 bits per heavy atom. The summed E-state index contributed by atoms with van der Waals surface area (Å²) in [6, 6.07) is 4.00. The molecule has 0 amide bonds. The van der Waals surface area contributed by atoms with Gasteiger partial charge in [0.25, 0.3) is 0 Å². The van der Waals surface area contributed by atoms with E-state index in [0.717, 1.165) is 17.0 Å². The Kier molecular flexibility index (Phi) is 2.63. The minimum Gasteiger partial charge on any atom is -0.331 e. The monoisotopic (exact) mass is 251 g/mol. The van der Waals surface area contributed by atoms with E-state index in [4.69, 9.17) is 0 Å². The number of hydrogen-bond donors (Lipinski definition) is 0. The third-order valence-corrected chi connectivity index (χ3v) is 2.53. The smallest absolute Gasteiger partial charge is 0.106 e. The Bertz CT molecular complexity index is 419. The van der Waals surface area contributed by atoms with Gasteiger partial charge in [0, 0.05) is 18.6 Å². The van der Waals surface area contributed by atoms with Crippen LogP contribution in [0.15, 0.2) is 35.3 Å². The summed E-state index contributed by atoms with van der Waals surface area (Å²) < 4.78 is 2.95. The highest BCUT2D eigenvalue weighted by Crippen LogP contribution is 2.08. The van der Waals surface area contributed by atoms with E-state index >= 15 is 0 Å². The van der Waals surface area contributed by atoms with Gasteiger partial charge in [-0.2, -0.15) is 0 Å². The molecule has 0 spiro atoms. The molecule has 0 fully saturated rings. The predicted molar refractivity (Wildman–Crippen MR) is 58.0 cm³/mol. The predicted octanol–water partition coefficient (Wildman–Crippen LogP) is 2.40. The molecule has 2 aromatic rings. The minimum atomic E-state index is 0.826. The van der Waals surface area contributed by atoms with Gasteiger partial charge in [0.15, 0.2) is 0 Å². The SMILES string of the molecule is Cc1nccn1Cc1ccc(Br)nc1. The van der Waals surface area contributed by atoms with Crippen molar-refractivity contribution in [1.82, 2.24) is 14.5 Å². The summed E-state index contributed by atoms with van der Waals surface area (Å²) in [5.41, 5.74) is 1.18. The van der Waals surface area contributed by atoms with Gasteiger partial charge in [-0.05, 0) is 34.5 Å². The average molecular weight is 252 g/mol. The van der Waals surface area contributed by atoms with Crippen LogP contribution < -0.4 is 0 Å². The van der Waals surface area contributed by atoms with Gasteiger partial charge in [-0.1, -0.05) is 6.07 Å². The van der Waals surface area contributed by atoms with Crippen LogP contribution in [0.1, 0.15) is 11.4 Å². The van der Waals surface area contributed by atoms with E-state index in [1.807, 2.05) is 31.6 Å². The minimum absolute atomic E-state index is 0.826. The lowest BCUT2D eigenvalue weighted by Crippen LogP contribution is -2.00. The van der Waals surface area contributed by atoms with Crippen molar-refractivity contribution in [3.8, 4) is 0 Å². The summed E-state index contributed by atoms with van der Waals surface area (Å²) in [4.78, 5) is 8.34. The molecule has 0 aliphatic carbocycles. The first-order valence-corrected chi connectivity index (χ1v) is 5.13. The molecule has 0 bridgehead atoms. The highest BCUT2D eigenvalue weighted by Gasteiger charge is 1.98. The second kappa shape index (κ2) is 3.92. The summed E-state index contributed by atoms with van der Waals surface area (Å²) in [5, 5.41) is 0. The molecule has 0 saturated heterocycles. The summed E-state index contributed by atoms with van der Waals surface area (Å²) >= 11 is 3.31. The van der Waals surface area contributed by atoms with E-state index < -0.39 is 0 Å². The zero-order chi connectivity index (χ0) is 9.97. The zero-order valence-electron chi connectivity index (χ0n) is 7.81. The van der Waals surface area contributed by atoms with Crippen molar-refractivity contribution in [2.45, 2.75) is 13.5 Å². The lowest BCUT2D eigenvalue weighted by Gasteiger charge is -2.04. The normalized spacial score (nSPS) is 10.4. The highest BCUT2D eigenvalue weighted by atomic mass is 79.9. The maximum absolute atomic E-state index is 4.17. The van der Waals surface area contributed by atoms with Crippen LogP contribution in [-0.4, -0.2) is 14.5 Å². The van der Waals surface area contributed by atoms with Gasteiger partial charge in [-0.25, -0.2) is 9.97 Å². The van der Waals surface area contributed by atoms with Crippen LogP contribution in [0.3, 0.4) is 0 Å². The fourth-order valence-corrected chi connectivity index (χ4v) is 1.50. The van der Waals surface area contributed by atoms with Crippen molar-refractivity contribution in [2.75, 3.05) is 0 Å². The maximum atomic E-state index is 4.17. The van der Waals surface area contributed by atoms with E-state index in [9.17, 15) is 0 Å². The third-order valence-electron chi connectivity index (χ3n) is 2.07. The lowest BCUT2D eigenvalue weighted by atomic mass is 10.3. The molecule has 0 unspecified atom stereocenters. The number of imidazole rings is 1. The van der Waals surface area contributed by atoms with Crippen molar-refractivity contribution < 1.29 is 0 Å². The van der Waals surface area contributed by atoms with Gasteiger partial charge in [0.1, 0.15) is 10.4 Å². The molecule has 72 valence electrons. The Hall–Kier alpha value is -1.16. The van der Waals surface area contributed by atoms with Crippen LogP contribution in [0, 0.1) is 6.92 Å². The third kappa shape index (κ3) is 2.01. The first kappa shape index (κ1) is 9.40. The zero-order valence-corrected chi connectivity index (χ0v) is 9.40. The van der Waals surface area contributed by atoms with E-state index in [1.54, 1.807) is 0 Å². The molecule has 0 aromatic carbocycles. The molecule has 2 aromatic heterocycles. The molecule has 0 radical (unpaired) electrons. The van der Waals surface area contributed by atoms with Crippen molar-refractivity contribution in [3.63, 3.8) is 0 Å². The quantitative estimate of drug-likeness (QED) is 0.768. The Morgan fingerprint density at radius 3 is 2.79 bits per heavy atom. The summed E-state index contributed by atoms with van der Waals surface area (Å²) in [6.45, 7) is 2.82. The van der Waals surface area contributed by atoms with Gasteiger partial charge in [0.05, 0.1) is 6.54 Å². The molecule has 3 nitrogen and oxygen atoms in total. The number of aryl methyl sites for hydroxylation is 1. The molecule has 0 aliphatic rings. The molecule has 14 heavy (non-hydrogen) atoms. The number of hydrogen-bond acceptors (Lipinski definition) is 2. The van der Waals surface area contributed by atoms with Crippen molar-refractivity contribution >= 4 is 15.9 Å². The van der Waals surface area contributed by atoms with Crippen LogP contribution in [0.2, 0.25) is 0 Å².